The van der Waals surface area contributed by atoms with Crippen molar-refractivity contribution in [3.8, 4) is 66.8 Å². The van der Waals surface area contributed by atoms with Crippen molar-refractivity contribution in [2.45, 2.75) is 0 Å². The van der Waals surface area contributed by atoms with E-state index in [4.69, 9.17) is 8.83 Å². The lowest BCUT2D eigenvalue weighted by molar-refractivity contribution is 0.669. The van der Waals surface area contributed by atoms with Gasteiger partial charge in [-0.1, -0.05) is 218 Å². The van der Waals surface area contributed by atoms with Crippen LogP contribution in [0.5, 0.6) is 0 Å². The van der Waals surface area contributed by atoms with Crippen LogP contribution in [0.4, 0.5) is 0 Å². The topological polar surface area (TPSA) is 26.3 Å². The van der Waals surface area contributed by atoms with Crippen LogP contribution in [0.3, 0.4) is 0 Å². The molecule has 0 saturated heterocycles. The van der Waals surface area contributed by atoms with E-state index in [-0.39, 0.29) is 0 Å². The molecule has 0 amide bonds. The molecule has 0 fully saturated rings. The molecule has 17 rings (SSSR count). The van der Waals surface area contributed by atoms with E-state index in [1.807, 2.05) is 12.1 Å². The van der Waals surface area contributed by atoms with E-state index < -0.39 is 0 Å². The molecule has 2 aromatic heterocycles. The minimum absolute atomic E-state index is 0.882. The summed E-state index contributed by atoms with van der Waals surface area (Å²) in [6.07, 6.45) is 0. The number of hydrogen-bond acceptors (Lipinski definition) is 2. The van der Waals surface area contributed by atoms with Crippen molar-refractivity contribution in [3.05, 3.63) is 279 Å². The van der Waals surface area contributed by atoms with Crippen LogP contribution < -0.4 is 0 Å². The number of rotatable bonds is 6. The van der Waals surface area contributed by atoms with Gasteiger partial charge in [-0.25, -0.2) is 0 Å². The van der Waals surface area contributed by atoms with E-state index in [1.54, 1.807) is 0 Å². The molecule has 15 aromatic carbocycles. The zero-order valence-electron chi connectivity index (χ0n) is 43.4. The Kier molecular flexibility index (Phi) is 9.75. The number of furan rings is 2. The first-order valence-corrected chi connectivity index (χ1v) is 27.5. The molecule has 0 N–H and O–H groups in total. The largest absolute Gasteiger partial charge is 0.456 e. The van der Waals surface area contributed by atoms with Gasteiger partial charge in [0, 0.05) is 21.5 Å². The summed E-state index contributed by atoms with van der Waals surface area (Å²) in [6.45, 7) is 0. The van der Waals surface area contributed by atoms with Gasteiger partial charge in [0.05, 0.1) is 0 Å². The summed E-state index contributed by atoms with van der Waals surface area (Å²) in [7, 11) is 0. The van der Waals surface area contributed by atoms with Crippen LogP contribution in [-0.4, -0.2) is 0 Å². The fourth-order valence-electron chi connectivity index (χ4n) is 13.3. The lowest BCUT2D eigenvalue weighted by atomic mass is 9.85. The Morgan fingerprint density at radius 1 is 0.150 bits per heavy atom. The zero-order valence-corrected chi connectivity index (χ0v) is 43.4. The summed E-state index contributed by atoms with van der Waals surface area (Å²) in [4.78, 5) is 0. The molecule has 370 valence electrons. The molecule has 0 aliphatic carbocycles. The Bertz CT molecular complexity index is 5310. The van der Waals surface area contributed by atoms with Crippen LogP contribution in [0.2, 0.25) is 0 Å². The second-order valence-corrected chi connectivity index (χ2v) is 21.4. The molecule has 2 heteroatoms. The second kappa shape index (κ2) is 17.5. The number of fused-ring (bicyclic) bond motifs is 12. The number of hydrogen-bond donors (Lipinski definition) is 0. The van der Waals surface area contributed by atoms with E-state index in [2.05, 4.69) is 267 Å². The van der Waals surface area contributed by atoms with Gasteiger partial charge in [-0.05, 0) is 192 Å². The van der Waals surface area contributed by atoms with E-state index in [9.17, 15) is 0 Å². The fraction of sp³-hybridized carbons (Fsp3) is 0. The van der Waals surface area contributed by atoms with Crippen molar-refractivity contribution in [1.29, 1.82) is 0 Å². The Morgan fingerprint density at radius 2 is 0.412 bits per heavy atom. The van der Waals surface area contributed by atoms with Gasteiger partial charge >= 0.3 is 0 Å². The van der Waals surface area contributed by atoms with Gasteiger partial charge in [-0.15, -0.1) is 0 Å². The predicted molar refractivity (Wildman–Crippen MR) is 339 cm³/mol. The molecule has 0 aliphatic rings. The van der Waals surface area contributed by atoms with Gasteiger partial charge in [0.15, 0.2) is 0 Å². The average Bonchev–Trinajstić information content (AvgIpc) is 4.11. The molecule has 0 bridgehead atoms. The van der Waals surface area contributed by atoms with E-state index in [0.717, 1.165) is 66.1 Å². The molecule has 0 unspecified atom stereocenters. The molecule has 2 heterocycles. The first kappa shape index (κ1) is 44.6. The first-order chi connectivity index (χ1) is 39.6. The molecule has 0 saturated carbocycles. The minimum Gasteiger partial charge on any atom is -0.456 e. The van der Waals surface area contributed by atoms with E-state index in [1.165, 1.54) is 109 Å². The molecule has 0 atom stereocenters. The lowest BCUT2D eigenvalue weighted by Gasteiger charge is -2.18. The summed E-state index contributed by atoms with van der Waals surface area (Å²) in [5.74, 6) is 0. The maximum atomic E-state index is 6.81. The maximum Gasteiger partial charge on any atom is 0.136 e. The minimum atomic E-state index is 0.882. The summed E-state index contributed by atoms with van der Waals surface area (Å²) in [6, 6.07) is 102. The molecular formula is C78H46O2. The summed E-state index contributed by atoms with van der Waals surface area (Å²) in [5.41, 5.74) is 17.9. The normalized spacial score (nSPS) is 12.0. The third kappa shape index (κ3) is 6.92. The van der Waals surface area contributed by atoms with E-state index in [0.29, 0.717) is 0 Å². The average molecular weight is 1020 g/mol. The second-order valence-electron chi connectivity index (χ2n) is 21.4. The molecule has 0 aliphatic heterocycles. The SMILES string of the molecule is c1ccc2cc(-c3c4ccccc4c(-c4ccc5c(c4)oc4cc(-c6ccc7cc(-c8ccc(-c9c%10ccccc%10c(-c%10ccc%11c(c%10)oc%10ccccc%10%11)c%10ccccc9%10)cc8)ccc7c6)ccc45)c4ccccc34)ccc2c1. The highest BCUT2D eigenvalue weighted by Gasteiger charge is 2.21. The lowest BCUT2D eigenvalue weighted by Crippen LogP contribution is -1.91. The summed E-state index contributed by atoms with van der Waals surface area (Å²) >= 11 is 0. The van der Waals surface area contributed by atoms with Crippen molar-refractivity contribution in [3.63, 3.8) is 0 Å². The molecule has 0 spiro atoms. The molecular weight excluding hydrogens is 969 g/mol. The predicted octanol–water partition coefficient (Wildman–Crippen LogP) is 22.4. The Labute approximate surface area is 460 Å². The Balaban J connectivity index is 0.688. The van der Waals surface area contributed by atoms with Crippen molar-refractivity contribution < 1.29 is 8.83 Å². The van der Waals surface area contributed by atoms with Gasteiger partial charge in [0.2, 0.25) is 0 Å². The smallest absolute Gasteiger partial charge is 0.136 e. The van der Waals surface area contributed by atoms with Crippen LogP contribution in [0.15, 0.2) is 288 Å². The van der Waals surface area contributed by atoms with Crippen LogP contribution in [-0.2, 0) is 0 Å². The highest BCUT2D eigenvalue weighted by atomic mass is 16.3. The van der Waals surface area contributed by atoms with Gasteiger partial charge in [0.25, 0.3) is 0 Å². The first-order valence-electron chi connectivity index (χ1n) is 27.5. The zero-order chi connectivity index (χ0) is 52.4. The van der Waals surface area contributed by atoms with Crippen LogP contribution in [0.1, 0.15) is 0 Å². The number of para-hydroxylation sites is 1. The maximum absolute atomic E-state index is 6.81. The Hall–Kier alpha value is -10.5. The van der Waals surface area contributed by atoms with E-state index >= 15 is 0 Å². The van der Waals surface area contributed by atoms with Crippen molar-refractivity contribution >= 4 is 109 Å². The van der Waals surface area contributed by atoms with Gasteiger partial charge in [-0.2, -0.15) is 0 Å². The van der Waals surface area contributed by atoms with Crippen LogP contribution in [0.25, 0.3) is 175 Å². The summed E-state index contributed by atoms with van der Waals surface area (Å²) in [5, 5.41) is 19.2. The standard InChI is InChI=1S/C78H46O2/c1-2-14-50-43-56(34-27-47(50)13-1)76-67-20-7-9-22-69(67)78(70-23-10-8-21-68(70)76)58-37-40-62-61-38-35-55(44-72(61)80-74(62)46-58)54-33-32-52-41-51(30-31-53(52)42-54)48-25-28-49(29-26-48)75-63-16-3-5-18-65(63)77(66-19-6-4-17-64(66)75)57-36-39-60-59-15-11-12-24-71(59)79-73(60)45-57/h1-46H. The highest BCUT2D eigenvalue weighted by molar-refractivity contribution is 6.24. The summed E-state index contributed by atoms with van der Waals surface area (Å²) < 4.78 is 13.2. The van der Waals surface area contributed by atoms with Gasteiger partial charge < -0.3 is 8.83 Å². The van der Waals surface area contributed by atoms with Gasteiger partial charge in [0.1, 0.15) is 22.3 Å². The third-order valence-corrected chi connectivity index (χ3v) is 17.0. The molecule has 0 radical (unpaired) electrons. The molecule has 80 heavy (non-hydrogen) atoms. The highest BCUT2D eigenvalue weighted by Crippen LogP contribution is 2.48. The van der Waals surface area contributed by atoms with Crippen LogP contribution in [0, 0.1) is 0 Å². The molecule has 17 aromatic rings. The van der Waals surface area contributed by atoms with Crippen LogP contribution >= 0.6 is 0 Å². The fourth-order valence-corrected chi connectivity index (χ4v) is 13.3. The molecule has 2 nitrogen and oxygen atoms in total. The van der Waals surface area contributed by atoms with Gasteiger partial charge in [-0.3, -0.25) is 0 Å². The third-order valence-electron chi connectivity index (χ3n) is 17.0. The van der Waals surface area contributed by atoms with Crippen molar-refractivity contribution in [2.24, 2.45) is 0 Å². The monoisotopic (exact) mass is 1010 g/mol. The van der Waals surface area contributed by atoms with Crippen molar-refractivity contribution in [2.75, 3.05) is 0 Å². The quantitative estimate of drug-likeness (QED) is 0.155. The number of benzene rings is 15. The van der Waals surface area contributed by atoms with Crippen molar-refractivity contribution in [1.82, 2.24) is 0 Å². The Morgan fingerprint density at radius 3 is 0.912 bits per heavy atom.